The maximum Gasteiger partial charge on any atom is 0.145 e. The fourth-order valence-electron chi connectivity index (χ4n) is 1.12. The summed E-state index contributed by atoms with van der Waals surface area (Å²) in [6.45, 7) is 0.961. The first-order valence-corrected chi connectivity index (χ1v) is 3.45. The average Bonchev–Trinajstić information content (AvgIpc) is 2.05. The number of allylic oxidation sites excluding steroid dienone is 1. The molecule has 1 heterocycles. The number of nitrogens with one attached hydrogen (secondary N) is 1. The van der Waals surface area contributed by atoms with Gasteiger partial charge in [-0.3, -0.25) is 0 Å². The smallest absolute Gasteiger partial charge is 0.145 e. The zero-order chi connectivity index (χ0) is 7.40. The molecule has 0 saturated carbocycles. The highest BCUT2D eigenvalue weighted by Crippen LogP contribution is 2.15. The molecule has 0 aliphatic carbocycles. The van der Waals surface area contributed by atoms with Crippen molar-refractivity contribution in [2.24, 2.45) is 5.92 Å². The van der Waals surface area contributed by atoms with Crippen LogP contribution >= 0.6 is 0 Å². The second kappa shape index (κ2) is 3.40. The molecule has 1 saturated heterocycles. The maximum absolute atomic E-state index is 10.1. The lowest BCUT2D eigenvalue weighted by atomic mass is 9.97. The van der Waals surface area contributed by atoms with Crippen LogP contribution < -0.4 is 5.32 Å². The number of piperidine rings is 1. The molecule has 1 rings (SSSR count). The van der Waals surface area contributed by atoms with Crippen molar-refractivity contribution in [3.63, 3.8) is 0 Å². The minimum atomic E-state index is 0.173. The van der Waals surface area contributed by atoms with Crippen LogP contribution in [0.15, 0.2) is 5.70 Å². The highest BCUT2D eigenvalue weighted by molar-refractivity contribution is 5.51. The van der Waals surface area contributed by atoms with Crippen molar-refractivity contribution in [2.75, 3.05) is 13.2 Å². The maximum atomic E-state index is 10.1. The van der Waals surface area contributed by atoms with Crippen molar-refractivity contribution in [3.8, 4) is 0 Å². The summed E-state index contributed by atoms with van der Waals surface area (Å²) in [6.07, 6.45) is 1.60. The molecular weight excluding hydrogens is 130 g/mol. The molecular formula is C7H11NO2. The van der Waals surface area contributed by atoms with E-state index < -0.39 is 0 Å². The summed E-state index contributed by atoms with van der Waals surface area (Å²) in [5, 5.41) is 11.6. The highest BCUT2D eigenvalue weighted by Gasteiger charge is 2.15. The van der Waals surface area contributed by atoms with Crippen LogP contribution in [-0.2, 0) is 4.79 Å². The molecule has 1 unspecified atom stereocenters. The third-order valence-corrected chi connectivity index (χ3v) is 1.77. The minimum absolute atomic E-state index is 0.173. The number of aliphatic hydroxyl groups excluding tert-OH is 1. The van der Waals surface area contributed by atoms with Crippen LogP contribution in [0.5, 0.6) is 0 Å². The summed E-state index contributed by atoms with van der Waals surface area (Å²) >= 11 is 0. The topological polar surface area (TPSA) is 49.3 Å². The summed E-state index contributed by atoms with van der Waals surface area (Å²) in [5.74, 6) is 2.07. The zero-order valence-corrected chi connectivity index (χ0v) is 5.76. The van der Waals surface area contributed by atoms with Crippen LogP contribution in [0.1, 0.15) is 12.8 Å². The minimum Gasteiger partial charge on any atom is -0.396 e. The van der Waals surface area contributed by atoms with E-state index in [1.54, 1.807) is 0 Å². The summed E-state index contributed by atoms with van der Waals surface area (Å²) in [4.78, 5) is 10.1. The molecule has 1 fully saturated rings. The molecule has 0 radical (unpaired) electrons. The normalized spacial score (nSPS) is 25.3. The second-order valence-corrected chi connectivity index (χ2v) is 2.55. The van der Waals surface area contributed by atoms with Gasteiger partial charge in [0.25, 0.3) is 0 Å². The summed E-state index contributed by atoms with van der Waals surface area (Å²) in [5.41, 5.74) is 0.602. The molecule has 3 nitrogen and oxygen atoms in total. The molecule has 10 heavy (non-hydrogen) atoms. The van der Waals surface area contributed by atoms with Gasteiger partial charge in [-0.05, 0) is 12.3 Å². The lowest BCUT2D eigenvalue weighted by molar-refractivity contribution is 0.207. The molecule has 1 atom stereocenters. The largest absolute Gasteiger partial charge is 0.396 e. The second-order valence-electron chi connectivity index (χ2n) is 2.55. The molecule has 0 aromatic carbocycles. The lowest BCUT2D eigenvalue weighted by Gasteiger charge is -2.21. The average molecular weight is 141 g/mol. The van der Waals surface area contributed by atoms with Gasteiger partial charge >= 0.3 is 0 Å². The Labute approximate surface area is 59.7 Å². The highest BCUT2D eigenvalue weighted by atomic mass is 16.3. The first-order valence-electron chi connectivity index (χ1n) is 3.45. The quantitative estimate of drug-likeness (QED) is 0.493. The predicted molar refractivity (Wildman–Crippen MR) is 37.0 cm³/mol. The molecule has 0 spiro atoms. The van der Waals surface area contributed by atoms with Gasteiger partial charge in [-0.1, -0.05) is 0 Å². The van der Waals surface area contributed by atoms with Gasteiger partial charge in [0.1, 0.15) is 5.94 Å². The van der Waals surface area contributed by atoms with Crippen LogP contribution in [0.4, 0.5) is 0 Å². The number of hydrogen-bond acceptors (Lipinski definition) is 3. The Morgan fingerprint density at radius 2 is 2.60 bits per heavy atom. The van der Waals surface area contributed by atoms with Crippen molar-refractivity contribution in [3.05, 3.63) is 5.70 Å². The Morgan fingerprint density at radius 1 is 1.80 bits per heavy atom. The molecule has 56 valence electrons. The van der Waals surface area contributed by atoms with Crippen LogP contribution in [0, 0.1) is 5.92 Å². The standard InChI is InChI=1S/C7H11NO2/c9-4-6-1-2-8-7(3-6)5-10/h6,8-9H,1-4H2. The number of carbonyl (C=O) groups excluding carboxylic acids is 1. The first-order chi connectivity index (χ1) is 4.86. The fourth-order valence-corrected chi connectivity index (χ4v) is 1.12. The van der Waals surface area contributed by atoms with Gasteiger partial charge in [-0.25, -0.2) is 4.79 Å². The fraction of sp³-hybridized carbons (Fsp3) is 0.714. The van der Waals surface area contributed by atoms with E-state index >= 15 is 0 Å². The summed E-state index contributed by atoms with van der Waals surface area (Å²) < 4.78 is 0. The van der Waals surface area contributed by atoms with Crippen LogP contribution in [0.25, 0.3) is 0 Å². The van der Waals surface area contributed by atoms with E-state index in [0.717, 1.165) is 13.0 Å². The van der Waals surface area contributed by atoms with E-state index in [1.165, 1.54) is 0 Å². The van der Waals surface area contributed by atoms with E-state index in [9.17, 15) is 4.79 Å². The Balaban J connectivity index is 2.47. The number of hydrogen-bond donors (Lipinski definition) is 2. The van der Waals surface area contributed by atoms with Crippen molar-refractivity contribution < 1.29 is 9.90 Å². The van der Waals surface area contributed by atoms with Crippen molar-refractivity contribution in [2.45, 2.75) is 12.8 Å². The predicted octanol–water partition coefficient (Wildman–Crippen LogP) is -0.306. The van der Waals surface area contributed by atoms with E-state index in [0.29, 0.717) is 12.1 Å². The van der Waals surface area contributed by atoms with Crippen molar-refractivity contribution in [1.82, 2.24) is 5.32 Å². The van der Waals surface area contributed by atoms with E-state index in [4.69, 9.17) is 5.11 Å². The molecule has 0 aromatic rings. The van der Waals surface area contributed by atoms with E-state index in [-0.39, 0.29) is 12.5 Å². The lowest BCUT2D eigenvalue weighted by Crippen LogP contribution is -2.28. The molecule has 0 aromatic heterocycles. The van der Waals surface area contributed by atoms with Gasteiger partial charge in [0.2, 0.25) is 0 Å². The zero-order valence-electron chi connectivity index (χ0n) is 5.76. The van der Waals surface area contributed by atoms with E-state index in [2.05, 4.69) is 5.32 Å². The Hall–Kier alpha value is -0.790. The SMILES string of the molecule is O=C=C1CC(CO)CCN1. The van der Waals surface area contributed by atoms with Crippen LogP contribution in [0.3, 0.4) is 0 Å². The molecule has 2 N–H and O–H groups in total. The summed E-state index contributed by atoms with van der Waals surface area (Å²) in [7, 11) is 0. The monoisotopic (exact) mass is 141 g/mol. The summed E-state index contributed by atoms with van der Waals surface area (Å²) in [6, 6.07) is 0. The molecule has 1 aliphatic heterocycles. The number of rotatable bonds is 1. The Kier molecular flexibility index (Phi) is 2.49. The third-order valence-electron chi connectivity index (χ3n) is 1.77. The van der Waals surface area contributed by atoms with Gasteiger partial charge in [0, 0.05) is 19.6 Å². The van der Waals surface area contributed by atoms with Crippen molar-refractivity contribution >= 4 is 5.94 Å². The van der Waals surface area contributed by atoms with Gasteiger partial charge in [0.15, 0.2) is 0 Å². The van der Waals surface area contributed by atoms with Gasteiger partial charge in [-0.2, -0.15) is 0 Å². The van der Waals surface area contributed by atoms with Gasteiger partial charge in [-0.15, -0.1) is 0 Å². The molecule has 1 aliphatic rings. The van der Waals surface area contributed by atoms with Crippen LogP contribution in [-0.4, -0.2) is 24.2 Å². The van der Waals surface area contributed by atoms with Gasteiger partial charge in [0.05, 0.1) is 5.70 Å². The Bertz CT molecular complexity index is 161. The number of aliphatic hydroxyl groups is 1. The molecule has 3 heteroatoms. The molecule has 0 amide bonds. The Morgan fingerprint density at radius 3 is 3.20 bits per heavy atom. The third kappa shape index (κ3) is 1.59. The van der Waals surface area contributed by atoms with Crippen molar-refractivity contribution in [1.29, 1.82) is 0 Å². The van der Waals surface area contributed by atoms with Gasteiger partial charge < -0.3 is 10.4 Å². The van der Waals surface area contributed by atoms with E-state index in [1.807, 2.05) is 5.94 Å². The first kappa shape index (κ1) is 7.32. The van der Waals surface area contributed by atoms with Crippen LogP contribution in [0.2, 0.25) is 0 Å². The molecule has 0 bridgehead atoms.